The van der Waals surface area contributed by atoms with Crippen molar-refractivity contribution < 1.29 is 9.18 Å². The van der Waals surface area contributed by atoms with Crippen LogP contribution in [0.1, 0.15) is 22.6 Å². The van der Waals surface area contributed by atoms with Crippen LogP contribution in [0.4, 0.5) is 4.39 Å². The zero-order chi connectivity index (χ0) is 21.1. The van der Waals surface area contributed by atoms with Gasteiger partial charge in [-0.3, -0.25) is 10.2 Å². The number of carbonyl (C=O) groups excluding carboxylic acids is 1. The molecule has 2 atom stereocenters. The molecule has 1 heterocycles. The molecule has 6 heteroatoms. The molecule has 0 saturated carbocycles. The highest BCUT2D eigenvalue weighted by Gasteiger charge is 2.37. The standard InChI is InChI=1S/C23H26FN4O/c1-15-4-6-17(7-5-15)20(25)12-21(26)23(29)28-13-19(22(14-28)27(2)3)16-8-10-18(24)11-9-16/h4-12,19,22H,13-14H2,1-3H3,(H2-,25,26)/q-1/t19-,22?/m0/s1. The number of hydrogen-bond acceptors (Lipinski definition) is 3. The molecule has 0 spiro atoms. The van der Waals surface area contributed by atoms with E-state index in [1.54, 1.807) is 17.0 Å². The van der Waals surface area contributed by atoms with Crippen LogP contribution >= 0.6 is 0 Å². The van der Waals surface area contributed by atoms with E-state index in [1.165, 1.54) is 18.2 Å². The molecule has 2 N–H and O–H groups in total. The first-order valence-corrected chi connectivity index (χ1v) is 9.56. The van der Waals surface area contributed by atoms with Gasteiger partial charge in [0, 0.05) is 25.0 Å². The van der Waals surface area contributed by atoms with Crippen LogP contribution in [0.25, 0.3) is 11.4 Å². The summed E-state index contributed by atoms with van der Waals surface area (Å²) in [6, 6.07) is 13.9. The van der Waals surface area contributed by atoms with E-state index >= 15 is 0 Å². The van der Waals surface area contributed by atoms with Crippen molar-refractivity contribution in [1.82, 2.24) is 9.80 Å². The highest BCUT2D eigenvalue weighted by molar-refractivity contribution is 6.43. The molecule has 2 aromatic rings. The summed E-state index contributed by atoms with van der Waals surface area (Å²) in [5.74, 6) is -0.635. The third kappa shape index (κ3) is 4.71. The van der Waals surface area contributed by atoms with E-state index in [0.717, 1.165) is 11.1 Å². The zero-order valence-electron chi connectivity index (χ0n) is 16.9. The van der Waals surface area contributed by atoms with Gasteiger partial charge >= 0.3 is 0 Å². The van der Waals surface area contributed by atoms with Gasteiger partial charge in [0.05, 0.1) is 0 Å². The van der Waals surface area contributed by atoms with Crippen LogP contribution in [0.2, 0.25) is 0 Å². The van der Waals surface area contributed by atoms with Crippen molar-refractivity contribution in [3.8, 4) is 0 Å². The first-order chi connectivity index (χ1) is 13.8. The number of nitrogens with one attached hydrogen (secondary N) is 2. The van der Waals surface area contributed by atoms with Crippen LogP contribution in [0.3, 0.4) is 0 Å². The fourth-order valence-corrected chi connectivity index (χ4v) is 3.71. The van der Waals surface area contributed by atoms with Gasteiger partial charge in [0.1, 0.15) is 11.5 Å². The lowest BCUT2D eigenvalue weighted by molar-refractivity contribution is -0.123. The highest BCUT2D eigenvalue weighted by Crippen LogP contribution is 2.30. The van der Waals surface area contributed by atoms with E-state index in [0.29, 0.717) is 18.7 Å². The maximum atomic E-state index is 13.3. The van der Waals surface area contributed by atoms with Crippen LogP contribution in [0.15, 0.2) is 54.6 Å². The number of aryl methyl sites for hydroxylation is 1. The monoisotopic (exact) mass is 393 g/mol. The van der Waals surface area contributed by atoms with Crippen LogP contribution in [-0.2, 0) is 4.79 Å². The van der Waals surface area contributed by atoms with Crippen molar-refractivity contribution in [2.45, 2.75) is 18.9 Å². The van der Waals surface area contributed by atoms with E-state index in [9.17, 15) is 9.18 Å². The first kappa shape index (κ1) is 20.7. The summed E-state index contributed by atoms with van der Waals surface area (Å²) in [7, 11) is 3.92. The van der Waals surface area contributed by atoms with E-state index in [4.69, 9.17) is 11.1 Å². The van der Waals surface area contributed by atoms with Gasteiger partial charge < -0.3 is 15.5 Å². The Bertz CT molecular complexity index is 919. The van der Waals surface area contributed by atoms with E-state index < -0.39 is 5.91 Å². The lowest BCUT2D eigenvalue weighted by atomic mass is 9.94. The minimum atomic E-state index is -0.390. The second-order valence-corrected chi connectivity index (χ2v) is 7.74. The maximum absolute atomic E-state index is 13.3. The van der Waals surface area contributed by atoms with Crippen LogP contribution in [-0.4, -0.2) is 54.6 Å². The molecule has 0 bridgehead atoms. The Morgan fingerprint density at radius 3 is 2.34 bits per heavy atom. The summed E-state index contributed by atoms with van der Waals surface area (Å²) in [6.07, 6.45) is 1.31. The zero-order valence-corrected chi connectivity index (χ0v) is 16.9. The Balaban J connectivity index is 1.76. The summed E-state index contributed by atoms with van der Waals surface area (Å²) in [6.45, 7) is 2.91. The van der Waals surface area contributed by atoms with Gasteiger partial charge in [0.25, 0.3) is 5.91 Å². The smallest absolute Gasteiger partial charge is 0.271 e. The SMILES string of the molecule is Cc1ccc(/C([NH-])=C/C(=N)C(=O)N2CC(N(C)C)[C@H](c3ccc(F)cc3)C2)cc1. The van der Waals surface area contributed by atoms with E-state index in [1.807, 2.05) is 45.3 Å². The summed E-state index contributed by atoms with van der Waals surface area (Å²) >= 11 is 0. The lowest BCUT2D eigenvalue weighted by Gasteiger charge is -2.25. The molecule has 29 heavy (non-hydrogen) atoms. The summed E-state index contributed by atoms with van der Waals surface area (Å²) < 4.78 is 13.3. The fourth-order valence-electron chi connectivity index (χ4n) is 3.71. The van der Waals surface area contributed by atoms with Gasteiger partial charge in [-0.1, -0.05) is 42.0 Å². The Morgan fingerprint density at radius 2 is 1.76 bits per heavy atom. The number of likely N-dealkylation sites (N-methyl/N-ethyl adjacent to an activating group) is 1. The number of nitrogens with zero attached hydrogens (tertiary/aromatic N) is 2. The number of amides is 1. The Labute approximate surface area is 171 Å². The highest BCUT2D eigenvalue weighted by atomic mass is 19.1. The number of hydrogen-bond donors (Lipinski definition) is 1. The van der Waals surface area contributed by atoms with Crippen molar-refractivity contribution in [3.63, 3.8) is 0 Å². The molecule has 2 aromatic carbocycles. The molecule has 1 saturated heterocycles. The van der Waals surface area contributed by atoms with E-state index in [-0.39, 0.29) is 29.2 Å². The van der Waals surface area contributed by atoms with Gasteiger partial charge in [-0.15, -0.1) is 5.70 Å². The van der Waals surface area contributed by atoms with Gasteiger partial charge in [0.15, 0.2) is 0 Å². The normalized spacial score (nSPS) is 19.6. The van der Waals surface area contributed by atoms with Crippen molar-refractivity contribution in [2.24, 2.45) is 0 Å². The summed E-state index contributed by atoms with van der Waals surface area (Å²) in [5, 5.41) is 8.20. The van der Waals surface area contributed by atoms with Crippen LogP contribution in [0.5, 0.6) is 0 Å². The number of carbonyl (C=O) groups is 1. The Morgan fingerprint density at radius 1 is 1.14 bits per heavy atom. The second kappa shape index (κ2) is 8.57. The van der Waals surface area contributed by atoms with Crippen molar-refractivity contribution in [1.29, 1.82) is 5.41 Å². The molecule has 1 amide bonds. The minimum absolute atomic E-state index is 0.0406. The average Bonchev–Trinajstić information content (AvgIpc) is 3.14. The van der Waals surface area contributed by atoms with Crippen LogP contribution < -0.4 is 0 Å². The van der Waals surface area contributed by atoms with Gasteiger partial charge in [-0.25, -0.2) is 4.39 Å². The molecular formula is C23H26FN4O-. The average molecular weight is 393 g/mol. The lowest BCUT2D eigenvalue weighted by Crippen LogP contribution is -2.37. The molecule has 1 fully saturated rings. The molecular weight excluding hydrogens is 367 g/mol. The minimum Gasteiger partial charge on any atom is -0.698 e. The summed E-state index contributed by atoms with van der Waals surface area (Å²) in [5.41, 5.74) is 10.9. The van der Waals surface area contributed by atoms with Crippen molar-refractivity contribution in [3.05, 3.63) is 82.8 Å². The van der Waals surface area contributed by atoms with Gasteiger partial charge in [-0.05, 0) is 50.4 Å². The topological polar surface area (TPSA) is 71.2 Å². The number of benzene rings is 2. The molecule has 0 aliphatic carbocycles. The van der Waals surface area contributed by atoms with Crippen molar-refractivity contribution in [2.75, 3.05) is 27.2 Å². The molecule has 0 radical (unpaired) electrons. The summed E-state index contributed by atoms with van der Waals surface area (Å²) in [4.78, 5) is 16.6. The molecule has 152 valence electrons. The quantitative estimate of drug-likeness (QED) is 0.777. The Hall–Kier alpha value is -2.99. The largest absolute Gasteiger partial charge is 0.698 e. The maximum Gasteiger partial charge on any atom is 0.271 e. The number of likely N-dealkylation sites (tertiary alicyclic amines) is 1. The third-order valence-corrected chi connectivity index (χ3v) is 5.42. The molecule has 0 aromatic heterocycles. The van der Waals surface area contributed by atoms with E-state index in [2.05, 4.69) is 4.90 Å². The van der Waals surface area contributed by atoms with Crippen molar-refractivity contribution >= 4 is 17.3 Å². The predicted octanol–water partition coefficient (Wildman–Crippen LogP) is 4.10. The fraction of sp³-hybridized carbons (Fsp3) is 0.304. The Kier molecular flexibility index (Phi) is 6.13. The first-order valence-electron chi connectivity index (χ1n) is 9.56. The molecule has 1 aliphatic heterocycles. The molecule has 3 rings (SSSR count). The molecule has 5 nitrogen and oxygen atoms in total. The number of rotatable bonds is 5. The van der Waals surface area contributed by atoms with Crippen LogP contribution in [0, 0.1) is 18.2 Å². The number of halogens is 1. The molecule has 1 unspecified atom stereocenters. The third-order valence-electron chi connectivity index (χ3n) is 5.42. The second-order valence-electron chi connectivity index (χ2n) is 7.74. The molecule has 1 aliphatic rings. The predicted molar refractivity (Wildman–Crippen MR) is 114 cm³/mol. The van der Waals surface area contributed by atoms with Gasteiger partial charge in [-0.2, -0.15) is 0 Å². The van der Waals surface area contributed by atoms with Gasteiger partial charge in [0.2, 0.25) is 0 Å².